The molecule has 0 bridgehead atoms. The minimum Gasteiger partial charge on any atom is -0.378 e. The maximum atomic E-state index is 4.42. The zero-order valence-corrected chi connectivity index (χ0v) is 32.9. The minimum atomic E-state index is 0.0130. The molecule has 3 heteroatoms. The van der Waals surface area contributed by atoms with Gasteiger partial charge in [-0.3, -0.25) is 0 Å². The van der Waals surface area contributed by atoms with E-state index in [1.165, 1.54) is 22.2 Å². The molecule has 1 atom stereocenters. The number of benzene rings is 5. The first-order valence-corrected chi connectivity index (χ1v) is 19.4. The Morgan fingerprint density at radius 1 is 0.772 bits per heavy atom. The molecule has 0 saturated heterocycles. The first-order chi connectivity index (χ1) is 27.8. The maximum Gasteiger partial charge on any atom is 0.0544 e. The van der Waals surface area contributed by atoms with Gasteiger partial charge in [-0.05, 0) is 107 Å². The smallest absolute Gasteiger partial charge is 0.0544 e. The van der Waals surface area contributed by atoms with Crippen LogP contribution in [-0.2, 0) is 6.42 Å². The number of rotatable bonds is 15. The number of nitrogens with one attached hydrogen (secondary N) is 1. The lowest BCUT2D eigenvalue weighted by Crippen LogP contribution is -2.17. The highest BCUT2D eigenvalue weighted by Gasteiger charge is 2.23. The van der Waals surface area contributed by atoms with Gasteiger partial charge in [0.2, 0.25) is 0 Å². The largest absolute Gasteiger partial charge is 0.378 e. The van der Waals surface area contributed by atoms with Crippen LogP contribution in [-0.4, -0.2) is 4.57 Å². The fraction of sp³-hybridized carbons (Fsp3) is 0.0741. The summed E-state index contributed by atoms with van der Waals surface area (Å²) in [4.78, 5) is 2.10. The van der Waals surface area contributed by atoms with E-state index in [-0.39, 0.29) is 6.04 Å². The Labute approximate surface area is 338 Å². The minimum absolute atomic E-state index is 0.0130. The summed E-state index contributed by atoms with van der Waals surface area (Å²) in [5, 5.41) is 5.06. The Kier molecular flexibility index (Phi) is 11.8. The van der Waals surface area contributed by atoms with Crippen LogP contribution in [0.25, 0.3) is 39.5 Å². The van der Waals surface area contributed by atoms with Crippen LogP contribution < -0.4 is 10.2 Å². The van der Waals surface area contributed by atoms with Gasteiger partial charge in [-0.15, -0.1) is 0 Å². The van der Waals surface area contributed by atoms with Crippen LogP contribution in [0.5, 0.6) is 0 Å². The molecule has 5 aromatic carbocycles. The number of anilines is 1. The first-order valence-electron chi connectivity index (χ1n) is 19.4. The molecule has 0 radical (unpaired) electrons. The van der Waals surface area contributed by atoms with Crippen LogP contribution in [0.15, 0.2) is 220 Å². The van der Waals surface area contributed by atoms with Gasteiger partial charge in [0.25, 0.3) is 0 Å². The zero-order chi connectivity index (χ0) is 39.7. The van der Waals surface area contributed by atoms with Crippen molar-refractivity contribution in [2.24, 2.45) is 0 Å². The number of allylic oxidation sites excluding steroid dienone is 10. The van der Waals surface area contributed by atoms with Gasteiger partial charge >= 0.3 is 0 Å². The van der Waals surface area contributed by atoms with E-state index < -0.39 is 0 Å². The van der Waals surface area contributed by atoms with E-state index in [1.54, 1.807) is 6.08 Å². The topological polar surface area (TPSA) is 20.2 Å². The third-order valence-corrected chi connectivity index (χ3v) is 10.3. The summed E-state index contributed by atoms with van der Waals surface area (Å²) in [5.74, 6) is 0. The van der Waals surface area contributed by atoms with E-state index in [1.807, 2.05) is 61.7 Å². The van der Waals surface area contributed by atoms with Crippen molar-refractivity contribution in [2.45, 2.75) is 26.3 Å². The van der Waals surface area contributed by atoms with Gasteiger partial charge in [0.1, 0.15) is 0 Å². The summed E-state index contributed by atoms with van der Waals surface area (Å²) in [5.41, 5.74) is 15.2. The Hall–Kier alpha value is -7.10. The summed E-state index contributed by atoms with van der Waals surface area (Å²) in [6, 6.07) is 46.7. The van der Waals surface area contributed by atoms with Gasteiger partial charge in [0.05, 0.1) is 5.52 Å². The average molecular weight is 740 g/mol. The van der Waals surface area contributed by atoms with E-state index in [0.717, 1.165) is 68.0 Å². The molecule has 0 fully saturated rings. The molecule has 1 aliphatic carbocycles. The number of para-hydroxylation sites is 1. The highest BCUT2D eigenvalue weighted by molar-refractivity contribution is 6.03. The molecule has 1 N–H and O–H groups in total. The Morgan fingerprint density at radius 3 is 2.16 bits per heavy atom. The first kappa shape index (κ1) is 38.2. The number of aromatic nitrogens is 1. The van der Waals surface area contributed by atoms with Crippen molar-refractivity contribution in [3.8, 4) is 5.69 Å². The number of hydrogen-bond donors (Lipinski definition) is 1. The Bertz CT molecular complexity index is 2590. The van der Waals surface area contributed by atoms with E-state index in [9.17, 15) is 0 Å². The second-order valence-electron chi connectivity index (χ2n) is 14.3. The number of hydrogen-bond acceptors (Lipinski definition) is 2. The fourth-order valence-corrected chi connectivity index (χ4v) is 7.27. The molecule has 6 aromatic rings. The molecule has 3 nitrogen and oxygen atoms in total. The summed E-state index contributed by atoms with van der Waals surface area (Å²) in [6.07, 6.45) is 19.7. The standard InChI is InChI=1S/C54H49N3/c1-7-8-34-56(47-26-16-11-17-27-47)35-33-46(36-40(4)39(2)3)49-29-19-32-53-54(49)50-30-20-31-52(50)57(53)48-28-18-25-45(38-48)42(6)55-51(44-23-14-10-15-24-44)37-41(5)43-21-12-9-13-22-43/h7-30,32-38,42,55H,1-2,4-5,31H2,3,6H3/b34-8-,35-33-,46-36+,51-37-. The van der Waals surface area contributed by atoms with Crippen LogP contribution >= 0.6 is 0 Å². The normalized spacial score (nSPS) is 13.2. The van der Waals surface area contributed by atoms with Crippen LogP contribution in [0.3, 0.4) is 0 Å². The van der Waals surface area contributed by atoms with Crippen molar-refractivity contribution >= 4 is 39.5 Å². The molecule has 0 aliphatic heterocycles. The van der Waals surface area contributed by atoms with Crippen molar-refractivity contribution in [1.82, 2.24) is 9.88 Å². The SMILES string of the molecule is C=C/C=C\N(/C=C\C(=C/C(=C)C(=C)C)c1cccc2c1c1c(n2-c2cccc(C(C)N/C(=C\C(=C)c3ccccc3)c3ccccc3)c2)CC=C1)c1ccccc1. The zero-order valence-electron chi connectivity index (χ0n) is 32.9. The Morgan fingerprint density at radius 2 is 1.46 bits per heavy atom. The van der Waals surface area contributed by atoms with Crippen LogP contribution in [0.2, 0.25) is 0 Å². The molecule has 1 heterocycles. The van der Waals surface area contributed by atoms with Gasteiger partial charge in [0, 0.05) is 58.6 Å². The van der Waals surface area contributed by atoms with E-state index in [2.05, 4.69) is 176 Å². The van der Waals surface area contributed by atoms with E-state index in [4.69, 9.17) is 0 Å². The van der Waals surface area contributed by atoms with Crippen molar-refractivity contribution in [3.05, 3.63) is 253 Å². The molecule has 1 aliphatic rings. The van der Waals surface area contributed by atoms with Gasteiger partial charge < -0.3 is 14.8 Å². The maximum absolute atomic E-state index is 4.42. The lowest BCUT2D eigenvalue weighted by molar-refractivity contribution is 0.700. The summed E-state index contributed by atoms with van der Waals surface area (Å²) >= 11 is 0. The second kappa shape index (κ2) is 17.6. The van der Waals surface area contributed by atoms with Crippen LogP contribution in [0.1, 0.15) is 53.4 Å². The molecule has 57 heavy (non-hydrogen) atoms. The molecule has 1 unspecified atom stereocenters. The monoisotopic (exact) mass is 739 g/mol. The van der Waals surface area contributed by atoms with Crippen molar-refractivity contribution in [2.75, 3.05) is 4.90 Å². The number of nitrogens with zero attached hydrogens (tertiary/aromatic N) is 2. The van der Waals surface area contributed by atoms with Crippen molar-refractivity contribution in [3.63, 3.8) is 0 Å². The predicted octanol–water partition coefficient (Wildman–Crippen LogP) is 13.8. The van der Waals surface area contributed by atoms with Gasteiger partial charge in [-0.25, -0.2) is 0 Å². The summed E-state index contributed by atoms with van der Waals surface area (Å²) < 4.78 is 2.44. The third kappa shape index (κ3) is 8.59. The molecular formula is C54H49N3. The predicted molar refractivity (Wildman–Crippen MR) is 247 cm³/mol. The van der Waals surface area contributed by atoms with E-state index >= 15 is 0 Å². The molecule has 7 rings (SSSR count). The molecule has 0 saturated carbocycles. The molecule has 0 amide bonds. The molecule has 1 aromatic heterocycles. The molecule has 0 spiro atoms. The van der Waals surface area contributed by atoms with E-state index in [0.29, 0.717) is 0 Å². The summed E-state index contributed by atoms with van der Waals surface area (Å²) in [6.45, 7) is 21.1. The Balaban J connectivity index is 1.29. The van der Waals surface area contributed by atoms with Crippen LogP contribution in [0, 0.1) is 0 Å². The molecule has 280 valence electrons. The third-order valence-electron chi connectivity index (χ3n) is 10.3. The average Bonchev–Trinajstić information content (AvgIpc) is 3.85. The van der Waals surface area contributed by atoms with Crippen molar-refractivity contribution < 1.29 is 0 Å². The fourth-order valence-electron chi connectivity index (χ4n) is 7.27. The summed E-state index contributed by atoms with van der Waals surface area (Å²) in [7, 11) is 0. The molecular weight excluding hydrogens is 691 g/mol. The lowest BCUT2D eigenvalue weighted by atomic mass is 9.96. The van der Waals surface area contributed by atoms with Gasteiger partial charge in [-0.2, -0.15) is 0 Å². The highest BCUT2D eigenvalue weighted by atomic mass is 15.1. The quantitative estimate of drug-likeness (QED) is 0.106. The van der Waals surface area contributed by atoms with Crippen LogP contribution in [0.4, 0.5) is 5.69 Å². The number of fused-ring (bicyclic) bond motifs is 3. The van der Waals surface area contributed by atoms with Gasteiger partial charge in [0.15, 0.2) is 0 Å². The van der Waals surface area contributed by atoms with Crippen molar-refractivity contribution in [1.29, 1.82) is 0 Å². The highest BCUT2D eigenvalue weighted by Crippen LogP contribution is 2.40. The lowest BCUT2D eigenvalue weighted by Gasteiger charge is -2.21. The van der Waals surface area contributed by atoms with Gasteiger partial charge in [-0.1, -0.05) is 153 Å². The second-order valence-corrected chi connectivity index (χ2v) is 14.3.